The van der Waals surface area contributed by atoms with Crippen LogP contribution >= 0.6 is 0 Å². The van der Waals surface area contributed by atoms with Crippen molar-refractivity contribution in [3.63, 3.8) is 0 Å². The number of Topliss-reactive ketones (excluding diaryl/α,β-unsaturated/α-hetero) is 1. The summed E-state index contributed by atoms with van der Waals surface area (Å²) in [6.45, 7) is 19.0. The van der Waals surface area contributed by atoms with E-state index in [1.807, 2.05) is 13.8 Å². The maximum absolute atomic E-state index is 11.9. The number of ketones is 1. The topological polar surface area (TPSA) is 26.3 Å². The van der Waals surface area contributed by atoms with E-state index < -0.39 is 13.7 Å². The molecule has 0 saturated carbocycles. The van der Waals surface area contributed by atoms with Crippen LogP contribution in [0.1, 0.15) is 41.0 Å². The predicted molar refractivity (Wildman–Crippen MR) is 76.8 cm³/mol. The van der Waals surface area contributed by atoms with E-state index in [1.165, 1.54) is 0 Å². The first-order chi connectivity index (χ1) is 7.44. The highest BCUT2D eigenvalue weighted by molar-refractivity contribution is 6.74. The standard InChI is InChI=1S/C14H28O2Si/c1-9-14(5,6)12(15)10-11-16-17(7,8)13(2,3)4/h9H,1,10-11H2,2-8H3. The summed E-state index contributed by atoms with van der Waals surface area (Å²) < 4.78 is 5.99. The van der Waals surface area contributed by atoms with E-state index in [1.54, 1.807) is 6.08 Å². The Morgan fingerprint density at radius 3 is 2.06 bits per heavy atom. The Kier molecular flexibility index (Phi) is 5.35. The van der Waals surface area contributed by atoms with Crippen LogP contribution < -0.4 is 0 Å². The van der Waals surface area contributed by atoms with E-state index in [-0.39, 0.29) is 10.8 Å². The van der Waals surface area contributed by atoms with Crippen molar-refractivity contribution in [3.05, 3.63) is 12.7 Å². The molecule has 0 aliphatic heterocycles. The van der Waals surface area contributed by atoms with Gasteiger partial charge in [0.2, 0.25) is 0 Å². The molecule has 0 N–H and O–H groups in total. The third-order valence-corrected chi connectivity index (χ3v) is 8.37. The molecule has 0 aromatic rings. The molecule has 0 fully saturated rings. The molecule has 0 radical (unpaired) electrons. The summed E-state index contributed by atoms with van der Waals surface area (Å²) in [5.74, 6) is 0.200. The van der Waals surface area contributed by atoms with Crippen molar-refractivity contribution in [1.82, 2.24) is 0 Å². The van der Waals surface area contributed by atoms with E-state index in [9.17, 15) is 4.79 Å². The van der Waals surface area contributed by atoms with Gasteiger partial charge in [0.15, 0.2) is 8.32 Å². The SMILES string of the molecule is C=CC(C)(C)C(=O)CCO[Si](C)(C)C(C)(C)C. The first-order valence-electron chi connectivity index (χ1n) is 6.25. The molecule has 0 unspecified atom stereocenters. The second kappa shape index (κ2) is 5.49. The second-order valence-corrected chi connectivity index (χ2v) is 11.5. The molecule has 100 valence electrons. The summed E-state index contributed by atoms with van der Waals surface area (Å²) >= 11 is 0. The summed E-state index contributed by atoms with van der Waals surface area (Å²) in [7, 11) is -1.72. The Morgan fingerprint density at radius 2 is 1.71 bits per heavy atom. The highest BCUT2D eigenvalue weighted by Crippen LogP contribution is 2.36. The van der Waals surface area contributed by atoms with Crippen LogP contribution in [0, 0.1) is 5.41 Å². The molecule has 3 heteroatoms. The van der Waals surface area contributed by atoms with Gasteiger partial charge in [0, 0.05) is 18.4 Å². The van der Waals surface area contributed by atoms with Crippen LogP contribution in [0.3, 0.4) is 0 Å². The highest BCUT2D eigenvalue weighted by Gasteiger charge is 2.37. The minimum Gasteiger partial charge on any atom is -0.416 e. The van der Waals surface area contributed by atoms with Gasteiger partial charge in [-0.2, -0.15) is 0 Å². The van der Waals surface area contributed by atoms with Crippen LogP contribution in [0.25, 0.3) is 0 Å². The average molecular weight is 256 g/mol. The van der Waals surface area contributed by atoms with Gasteiger partial charge >= 0.3 is 0 Å². The molecular weight excluding hydrogens is 228 g/mol. The van der Waals surface area contributed by atoms with Gasteiger partial charge in [-0.1, -0.05) is 26.8 Å². The third kappa shape index (κ3) is 4.76. The fraction of sp³-hybridized carbons (Fsp3) is 0.786. The number of carbonyl (C=O) groups is 1. The Labute approximate surface area is 108 Å². The molecule has 0 aromatic carbocycles. The van der Waals surface area contributed by atoms with Crippen molar-refractivity contribution in [1.29, 1.82) is 0 Å². The van der Waals surface area contributed by atoms with E-state index in [4.69, 9.17) is 4.43 Å². The van der Waals surface area contributed by atoms with Crippen LogP contribution in [0.2, 0.25) is 18.1 Å². The summed E-state index contributed by atoms with van der Waals surface area (Å²) in [4.78, 5) is 11.9. The normalized spacial score (nSPS) is 13.6. The maximum Gasteiger partial charge on any atom is 0.191 e. The monoisotopic (exact) mass is 256 g/mol. The van der Waals surface area contributed by atoms with Crippen molar-refractivity contribution < 1.29 is 9.22 Å². The van der Waals surface area contributed by atoms with Gasteiger partial charge in [-0.25, -0.2) is 0 Å². The second-order valence-electron chi connectivity index (χ2n) is 6.71. The van der Waals surface area contributed by atoms with E-state index in [2.05, 4.69) is 40.4 Å². The van der Waals surface area contributed by atoms with E-state index in [0.29, 0.717) is 13.0 Å². The van der Waals surface area contributed by atoms with Gasteiger partial charge in [0.05, 0.1) is 0 Å². The van der Waals surface area contributed by atoms with Crippen molar-refractivity contribution in [2.24, 2.45) is 5.41 Å². The van der Waals surface area contributed by atoms with Crippen LogP contribution in [-0.2, 0) is 9.22 Å². The molecule has 0 rings (SSSR count). The molecule has 0 atom stereocenters. The number of allylic oxidation sites excluding steroid dienone is 1. The lowest BCUT2D eigenvalue weighted by molar-refractivity contribution is -0.125. The lowest BCUT2D eigenvalue weighted by atomic mass is 9.87. The smallest absolute Gasteiger partial charge is 0.191 e. The number of rotatable bonds is 6. The van der Waals surface area contributed by atoms with Gasteiger partial charge in [-0.05, 0) is 32.0 Å². The van der Waals surface area contributed by atoms with Gasteiger partial charge in [-0.15, -0.1) is 6.58 Å². The molecule has 0 spiro atoms. The molecule has 0 aliphatic rings. The van der Waals surface area contributed by atoms with Gasteiger partial charge < -0.3 is 4.43 Å². The Hall–Kier alpha value is -0.413. The highest BCUT2D eigenvalue weighted by atomic mass is 28.4. The molecule has 0 amide bonds. The fourth-order valence-electron chi connectivity index (χ4n) is 1.05. The largest absolute Gasteiger partial charge is 0.416 e. The van der Waals surface area contributed by atoms with Crippen molar-refractivity contribution in [2.75, 3.05) is 6.61 Å². The van der Waals surface area contributed by atoms with Gasteiger partial charge in [-0.3, -0.25) is 4.79 Å². The molecule has 0 aromatic heterocycles. The molecule has 17 heavy (non-hydrogen) atoms. The lowest BCUT2D eigenvalue weighted by Gasteiger charge is -2.36. The molecule has 0 heterocycles. The molecular formula is C14H28O2Si. The van der Waals surface area contributed by atoms with Crippen LogP contribution in [0.4, 0.5) is 0 Å². The van der Waals surface area contributed by atoms with Crippen molar-refractivity contribution in [2.45, 2.75) is 59.2 Å². The molecule has 2 nitrogen and oxygen atoms in total. The lowest BCUT2D eigenvalue weighted by Crippen LogP contribution is -2.41. The summed E-state index contributed by atoms with van der Waals surface area (Å²) in [6, 6.07) is 0. The summed E-state index contributed by atoms with van der Waals surface area (Å²) in [5.41, 5.74) is -0.434. The minimum absolute atomic E-state index is 0.198. The quantitative estimate of drug-likeness (QED) is 0.526. The van der Waals surface area contributed by atoms with Crippen LogP contribution in [-0.4, -0.2) is 20.7 Å². The fourth-order valence-corrected chi connectivity index (χ4v) is 2.10. The number of hydrogen-bond acceptors (Lipinski definition) is 2. The zero-order valence-corrected chi connectivity index (χ0v) is 13.5. The Balaban J connectivity index is 4.27. The van der Waals surface area contributed by atoms with E-state index >= 15 is 0 Å². The first kappa shape index (κ1) is 16.6. The zero-order chi connectivity index (χ0) is 13.9. The molecule has 0 aliphatic carbocycles. The third-order valence-electron chi connectivity index (χ3n) is 3.83. The van der Waals surface area contributed by atoms with E-state index in [0.717, 1.165) is 0 Å². The Bertz CT molecular complexity index is 285. The average Bonchev–Trinajstić information content (AvgIpc) is 2.15. The van der Waals surface area contributed by atoms with Gasteiger partial charge in [0.1, 0.15) is 5.78 Å². The summed E-state index contributed by atoms with van der Waals surface area (Å²) in [6.07, 6.45) is 2.19. The molecule has 0 bridgehead atoms. The van der Waals surface area contributed by atoms with Crippen LogP contribution in [0.15, 0.2) is 12.7 Å². The van der Waals surface area contributed by atoms with Crippen LogP contribution in [0.5, 0.6) is 0 Å². The number of carbonyl (C=O) groups excluding carboxylic acids is 1. The number of hydrogen-bond donors (Lipinski definition) is 0. The Morgan fingerprint density at radius 1 is 1.24 bits per heavy atom. The van der Waals surface area contributed by atoms with Gasteiger partial charge in [0.25, 0.3) is 0 Å². The zero-order valence-electron chi connectivity index (χ0n) is 12.5. The minimum atomic E-state index is -1.72. The summed E-state index contributed by atoms with van der Waals surface area (Å²) in [5, 5.41) is 0.198. The predicted octanol–water partition coefficient (Wildman–Crippen LogP) is 4.18. The van der Waals surface area contributed by atoms with Crippen molar-refractivity contribution in [3.8, 4) is 0 Å². The molecule has 0 saturated heterocycles. The maximum atomic E-state index is 11.9. The van der Waals surface area contributed by atoms with Crippen molar-refractivity contribution >= 4 is 14.1 Å². The first-order valence-corrected chi connectivity index (χ1v) is 9.16.